The number of benzene rings is 1. The molecular weight excluding hydrogens is 384 g/mol. The first kappa shape index (κ1) is 20.2. The van der Waals surface area contributed by atoms with Crippen LogP contribution >= 0.6 is 0 Å². The minimum absolute atomic E-state index is 0.250. The molecule has 2 aromatic rings. The number of aromatic nitrogens is 2. The van der Waals surface area contributed by atoms with E-state index in [9.17, 15) is 9.90 Å². The molecule has 1 fully saturated rings. The predicted octanol–water partition coefficient (Wildman–Crippen LogP) is 2.48. The second-order valence-corrected chi connectivity index (χ2v) is 7.89. The molecule has 1 aromatic heterocycles. The van der Waals surface area contributed by atoms with Gasteiger partial charge in [0.1, 0.15) is 24.3 Å². The van der Waals surface area contributed by atoms with Crippen molar-refractivity contribution in [2.45, 2.75) is 38.2 Å². The van der Waals surface area contributed by atoms with E-state index < -0.39 is 12.0 Å². The second-order valence-electron chi connectivity index (χ2n) is 7.89. The van der Waals surface area contributed by atoms with Gasteiger partial charge in [0.05, 0.1) is 11.3 Å². The average Bonchev–Trinajstić information content (AvgIpc) is 2.94. The van der Waals surface area contributed by atoms with Crippen molar-refractivity contribution >= 4 is 29.0 Å². The van der Waals surface area contributed by atoms with Crippen LogP contribution in [-0.4, -0.2) is 46.8 Å². The normalized spacial score (nSPS) is 19.0. The molecule has 0 bridgehead atoms. The average molecular weight is 412 g/mol. The Balaban J connectivity index is 1.49. The molecule has 2 heterocycles. The minimum Gasteiger partial charge on any atom is -0.489 e. The molecule has 6 N–H and O–H groups in total. The van der Waals surface area contributed by atoms with Gasteiger partial charge < -0.3 is 31.5 Å². The van der Waals surface area contributed by atoms with Crippen molar-refractivity contribution in [3.63, 3.8) is 0 Å². The number of nitrogens with two attached hydrogens (primary N) is 1. The maximum Gasteiger partial charge on any atom is 0.254 e. The molecule has 1 atom stereocenters. The Morgan fingerprint density at radius 2 is 2.13 bits per heavy atom. The molecule has 0 unspecified atom stereocenters. The van der Waals surface area contributed by atoms with Crippen LogP contribution in [0.5, 0.6) is 5.75 Å². The SMILES string of the molecule is NC(=O)c1cnc(Nc2ccc3c(c2)NC[C@H](O)CO3)nc1NCC1CCCCC1. The van der Waals surface area contributed by atoms with Gasteiger partial charge in [-0.05, 0) is 37.0 Å². The van der Waals surface area contributed by atoms with Crippen LogP contribution in [0, 0.1) is 5.92 Å². The van der Waals surface area contributed by atoms with Crippen molar-refractivity contribution in [1.29, 1.82) is 0 Å². The van der Waals surface area contributed by atoms with Gasteiger partial charge in [-0.1, -0.05) is 19.3 Å². The number of rotatable bonds is 6. The fraction of sp³-hybridized carbons (Fsp3) is 0.476. The van der Waals surface area contributed by atoms with Crippen LogP contribution in [0.15, 0.2) is 24.4 Å². The van der Waals surface area contributed by atoms with Crippen molar-refractivity contribution < 1.29 is 14.6 Å². The molecule has 160 valence electrons. The largest absolute Gasteiger partial charge is 0.489 e. The highest BCUT2D eigenvalue weighted by atomic mass is 16.5. The van der Waals surface area contributed by atoms with Crippen LogP contribution in [-0.2, 0) is 0 Å². The second kappa shape index (κ2) is 9.17. The van der Waals surface area contributed by atoms with Crippen molar-refractivity contribution in [1.82, 2.24) is 9.97 Å². The summed E-state index contributed by atoms with van der Waals surface area (Å²) in [7, 11) is 0. The standard InChI is InChI=1S/C21H28N6O3/c22-19(29)16-11-25-21(27-20(16)24-9-13-4-2-1-3-5-13)26-14-6-7-18-17(8-14)23-10-15(28)12-30-18/h6-8,11,13,15,23,28H,1-5,9-10,12H2,(H2,22,29)(H2,24,25,26,27)/t15-/m0/s1. The molecule has 1 aliphatic carbocycles. The lowest BCUT2D eigenvalue weighted by Gasteiger charge is -2.22. The smallest absolute Gasteiger partial charge is 0.254 e. The van der Waals surface area contributed by atoms with Gasteiger partial charge in [-0.2, -0.15) is 4.98 Å². The topological polar surface area (TPSA) is 134 Å². The first-order valence-corrected chi connectivity index (χ1v) is 10.4. The van der Waals surface area contributed by atoms with E-state index in [1.165, 1.54) is 38.3 Å². The van der Waals surface area contributed by atoms with E-state index in [-0.39, 0.29) is 12.2 Å². The fourth-order valence-electron chi connectivity index (χ4n) is 3.86. The number of anilines is 4. The number of nitrogens with zero attached hydrogens (tertiary/aromatic N) is 2. The Morgan fingerprint density at radius 1 is 1.30 bits per heavy atom. The zero-order valence-corrected chi connectivity index (χ0v) is 16.9. The predicted molar refractivity (Wildman–Crippen MR) is 115 cm³/mol. The number of hydrogen-bond donors (Lipinski definition) is 5. The Bertz CT molecular complexity index is 900. The van der Waals surface area contributed by atoms with Crippen molar-refractivity contribution in [3.05, 3.63) is 30.0 Å². The Hall–Kier alpha value is -3.07. The summed E-state index contributed by atoms with van der Waals surface area (Å²) in [5.74, 6) is 1.51. The third-order valence-electron chi connectivity index (χ3n) is 5.53. The molecular formula is C21H28N6O3. The molecule has 0 spiro atoms. The number of fused-ring (bicyclic) bond motifs is 1. The van der Waals surface area contributed by atoms with Crippen molar-refractivity contribution in [3.8, 4) is 5.75 Å². The summed E-state index contributed by atoms with van der Waals surface area (Å²) >= 11 is 0. The summed E-state index contributed by atoms with van der Waals surface area (Å²) in [4.78, 5) is 20.5. The summed E-state index contributed by atoms with van der Waals surface area (Å²) in [5.41, 5.74) is 7.32. The monoisotopic (exact) mass is 412 g/mol. The van der Waals surface area contributed by atoms with E-state index in [0.29, 0.717) is 30.0 Å². The fourth-order valence-corrected chi connectivity index (χ4v) is 3.86. The number of carbonyl (C=O) groups excluding carboxylic acids is 1. The molecule has 9 heteroatoms. The number of nitrogens with one attached hydrogen (secondary N) is 3. The number of carbonyl (C=O) groups is 1. The number of ether oxygens (including phenoxy) is 1. The van der Waals surface area contributed by atoms with Gasteiger partial charge in [0, 0.05) is 25.0 Å². The van der Waals surface area contributed by atoms with Crippen molar-refractivity contribution in [2.75, 3.05) is 35.6 Å². The Labute approximate surface area is 175 Å². The van der Waals surface area contributed by atoms with Gasteiger partial charge in [0.25, 0.3) is 5.91 Å². The lowest BCUT2D eigenvalue weighted by molar-refractivity contribution is 0.100. The summed E-state index contributed by atoms with van der Waals surface area (Å²) in [6.45, 7) is 1.43. The third kappa shape index (κ3) is 4.91. The van der Waals surface area contributed by atoms with Gasteiger partial charge >= 0.3 is 0 Å². The molecule has 30 heavy (non-hydrogen) atoms. The van der Waals surface area contributed by atoms with E-state index >= 15 is 0 Å². The first-order valence-electron chi connectivity index (χ1n) is 10.4. The third-order valence-corrected chi connectivity index (χ3v) is 5.53. The summed E-state index contributed by atoms with van der Waals surface area (Å²) in [6.07, 6.45) is 7.06. The van der Waals surface area contributed by atoms with Gasteiger partial charge in [-0.25, -0.2) is 4.98 Å². The molecule has 1 aromatic carbocycles. The van der Waals surface area contributed by atoms with Gasteiger partial charge in [0.2, 0.25) is 5.95 Å². The lowest BCUT2D eigenvalue weighted by Crippen LogP contribution is -2.23. The number of hydrogen-bond acceptors (Lipinski definition) is 8. The molecule has 1 aliphatic heterocycles. The van der Waals surface area contributed by atoms with E-state index in [0.717, 1.165) is 17.9 Å². The molecule has 4 rings (SSSR count). The number of amides is 1. The molecule has 0 radical (unpaired) electrons. The van der Waals surface area contributed by atoms with Crippen LogP contribution in [0.25, 0.3) is 0 Å². The van der Waals surface area contributed by atoms with E-state index in [1.807, 2.05) is 18.2 Å². The maximum absolute atomic E-state index is 11.8. The van der Waals surface area contributed by atoms with E-state index in [2.05, 4.69) is 25.9 Å². The van der Waals surface area contributed by atoms with Crippen LogP contribution in [0.4, 0.5) is 23.1 Å². The molecule has 2 aliphatic rings. The van der Waals surface area contributed by atoms with Gasteiger partial charge in [-0.3, -0.25) is 4.79 Å². The highest BCUT2D eigenvalue weighted by molar-refractivity contribution is 5.97. The van der Waals surface area contributed by atoms with E-state index in [4.69, 9.17) is 10.5 Å². The Kier molecular flexibility index (Phi) is 6.18. The zero-order chi connectivity index (χ0) is 20.9. The summed E-state index contributed by atoms with van der Waals surface area (Å²) in [6, 6.07) is 5.54. The molecule has 1 saturated carbocycles. The highest BCUT2D eigenvalue weighted by Gasteiger charge is 2.18. The van der Waals surface area contributed by atoms with Crippen molar-refractivity contribution in [2.24, 2.45) is 11.7 Å². The molecule has 0 saturated heterocycles. The van der Waals surface area contributed by atoms with Crippen LogP contribution in [0.3, 0.4) is 0 Å². The molecule has 1 amide bonds. The molecule has 9 nitrogen and oxygen atoms in total. The number of β-amino-alcohol motifs (C(OH)–C–C–N with tert-alkyl or cyclic N) is 1. The first-order chi connectivity index (χ1) is 14.6. The number of primary amides is 1. The van der Waals surface area contributed by atoms with Crippen LogP contribution in [0.2, 0.25) is 0 Å². The van der Waals surface area contributed by atoms with Gasteiger partial charge in [-0.15, -0.1) is 0 Å². The van der Waals surface area contributed by atoms with E-state index in [1.54, 1.807) is 0 Å². The van der Waals surface area contributed by atoms with Crippen LogP contribution in [0.1, 0.15) is 42.5 Å². The van der Waals surface area contributed by atoms with Crippen LogP contribution < -0.4 is 26.4 Å². The summed E-state index contributed by atoms with van der Waals surface area (Å²) in [5, 5.41) is 19.4. The highest BCUT2D eigenvalue weighted by Crippen LogP contribution is 2.31. The quantitative estimate of drug-likeness (QED) is 0.488. The minimum atomic E-state index is -0.559. The summed E-state index contributed by atoms with van der Waals surface area (Å²) < 4.78 is 5.58. The van der Waals surface area contributed by atoms with Gasteiger partial charge in [0.15, 0.2) is 0 Å². The number of aliphatic hydroxyl groups is 1. The maximum atomic E-state index is 11.8. The zero-order valence-electron chi connectivity index (χ0n) is 16.9. The Morgan fingerprint density at radius 3 is 2.93 bits per heavy atom. The number of aliphatic hydroxyl groups excluding tert-OH is 1. The lowest BCUT2D eigenvalue weighted by atomic mass is 9.89.